The van der Waals surface area contributed by atoms with Gasteiger partial charge < -0.3 is 10.6 Å². The van der Waals surface area contributed by atoms with Gasteiger partial charge in [-0.25, -0.2) is 4.99 Å². The zero-order valence-electron chi connectivity index (χ0n) is 18.0. The van der Waals surface area contributed by atoms with Gasteiger partial charge in [0.05, 0.1) is 13.1 Å². The van der Waals surface area contributed by atoms with Gasteiger partial charge in [-0.2, -0.15) is 5.10 Å². The van der Waals surface area contributed by atoms with Crippen LogP contribution in [0.4, 0.5) is 0 Å². The summed E-state index contributed by atoms with van der Waals surface area (Å²) in [5, 5.41) is 11.1. The van der Waals surface area contributed by atoms with Gasteiger partial charge in [-0.05, 0) is 51.8 Å². The van der Waals surface area contributed by atoms with Crippen LogP contribution in [-0.2, 0) is 13.1 Å². The van der Waals surface area contributed by atoms with Gasteiger partial charge >= 0.3 is 0 Å². The summed E-state index contributed by atoms with van der Waals surface area (Å²) in [5.41, 5.74) is 2.44. The first-order valence-electron chi connectivity index (χ1n) is 10.3. The minimum absolute atomic E-state index is 0.541. The zero-order chi connectivity index (χ0) is 20.4. The molecular formula is C22H36N6. The number of rotatable bonds is 10. The van der Waals surface area contributed by atoms with Crippen LogP contribution in [0.15, 0.2) is 47.7 Å². The lowest BCUT2D eigenvalue weighted by atomic mass is 10.1. The lowest BCUT2D eigenvalue weighted by Crippen LogP contribution is -2.45. The number of guanidine groups is 1. The van der Waals surface area contributed by atoms with Gasteiger partial charge in [-0.1, -0.05) is 24.3 Å². The van der Waals surface area contributed by atoms with Crippen LogP contribution in [-0.4, -0.2) is 52.4 Å². The first-order valence-corrected chi connectivity index (χ1v) is 10.3. The number of benzene rings is 1. The van der Waals surface area contributed by atoms with Gasteiger partial charge in [0.15, 0.2) is 5.96 Å². The minimum Gasteiger partial charge on any atom is -0.357 e. The molecule has 0 bridgehead atoms. The Morgan fingerprint density at radius 2 is 1.86 bits per heavy atom. The predicted octanol–water partition coefficient (Wildman–Crippen LogP) is 3.11. The Hall–Kier alpha value is -2.34. The van der Waals surface area contributed by atoms with Gasteiger partial charge in [0.1, 0.15) is 0 Å². The molecule has 0 unspecified atom stereocenters. The van der Waals surface area contributed by atoms with Crippen molar-refractivity contribution in [1.82, 2.24) is 25.3 Å². The minimum atomic E-state index is 0.541. The number of aliphatic imine (C=N–C) groups is 1. The molecule has 28 heavy (non-hydrogen) atoms. The van der Waals surface area contributed by atoms with Crippen LogP contribution in [0.2, 0.25) is 0 Å². The molecule has 1 aromatic carbocycles. The predicted molar refractivity (Wildman–Crippen MR) is 118 cm³/mol. The van der Waals surface area contributed by atoms with Crippen molar-refractivity contribution in [2.75, 3.05) is 19.6 Å². The first-order chi connectivity index (χ1) is 13.5. The molecule has 0 saturated heterocycles. The van der Waals surface area contributed by atoms with Crippen molar-refractivity contribution in [2.24, 2.45) is 4.99 Å². The zero-order valence-corrected chi connectivity index (χ0v) is 18.0. The summed E-state index contributed by atoms with van der Waals surface area (Å²) in [6, 6.07) is 11.6. The molecule has 1 heterocycles. The Labute approximate surface area is 170 Å². The number of aromatic nitrogens is 2. The average Bonchev–Trinajstić information content (AvgIpc) is 3.15. The van der Waals surface area contributed by atoms with Crippen LogP contribution in [0.25, 0.3) is 0 Å². The van der Waals surface area contributed by atoms with Gasteiger partial charge in [-0.3, -0.25) is 9.58 Å². The highest BCUT2D eigenvalue weighted by Crippen LogP contribution is 2.08. The third-order valence-corrected chi connectivity index (χ3v) is 4.65. The highest BCUT2D eigenvalue weighted by Gasteiger charge is 2.12. The van der Waals surface area contributed by atoms with E-state index in [2.05, 4.69) is 79.5 Å². The van der Waals surface area contributed by atoms with Crippen molar-refractivity contribution in [3.63, 3.8) is 0 Å². The fourth-order valence-corrected chi connectivity index (χ4v) is 3.34. The number of hydrogen-bond donors (Lipinski definition) is 2. The van der Waals surface area contributed by atoms with E-state index in [0.29, 0.717) is 18.6 Å². The van der Waals surface area contributed by atoms with Crippen molar-refractivity contribution >= 4 is 5.96 Å². The van der Waals surface area contributed by atoms with E-state index in [-0.39, 0.29) is 0 Å². The molecule has 0 atom stereocenters. The molecule has 6 nitrogen and oxygen atoms in total. The van der Waals surface area contributed by atoms with E-state index in [9.17, 15) is 0 Å². The lowest BCUT2D eigenvalue weighted by molar-refractivity contribution is 0.178. The van der Waals surface area contributed by atoms with Gasteiger partial charge in [0.2, 0.25) is 0 Å². The Bertz CT molecular complexity index is 698. The molecule has 6 heteroatoms. The molecule has 2 N–H and O–H groups in total. The van der Waals surface area contributed by atoms with Crippen LogP contribution in [0, 0.1) is 0 Å². The number of nitrogens with zero attached hydrogens (tertiary/aromatic N) is 4. The first kappa shape index (κ1) is 22.0. The van der Waals surface area contributed by atoms with Crippen LogP contribution >= 0.6 is 0 Å². The lowest BCUT2D eigenvalue weighted by Gasteiger charge is -2.30. The third-order valence-electron chi connectivity index (χ3n) is 4.65. The van der Waals surface area contributed by atoms with Gasteiger partial charge in [0, 0.05) is 44.1 Å². The molecule has 0 radical (unpaired) electrons. The molecule has 0 spiro atoms. The van der Waals surface area contributed by atoms with Crippen molar-refractivity contribution < 1.29 is 0 Å². The maximum atomic E-state index is 4.76. The maximum Gasteiger partial charge on any atom is 0.191 e. The van der Waals surface area contributed by atoms with Crippen molar-refractivity contribution in [3.8, 4) is 0 Å². The summed E-state index contributed by atoms with van der Waals surface area (Å²) in [7, 11) is 0. The highest BCUT2D eigenvalue weighted by atomic mass is 15.3. The Morgan fingerprint density at radius 3 is 2.50 bits per heavy atom. The molecule has 154 valence electrons. The summed E-state index contributed by atoms with van der Waals surface area (Å²) in [5.74, 6) is 0.868. The Kier molecular flexibility index (Phi) is 9.01. The maximum absolute atomic E-state index is 4.76. The van der Waals surface area contributed by atoms with E-state index in [4.69, 9.17) is 4.99 Å². The van der Waals surface area contributed by atoms with Gasteiger partial charge in [0.25, 0.3) is 0 Å². The molecule has 0 aliphatic heterocycles. The molecule has 0 saturated carbocycles. The van der Waals surface area contributed by atoms with Crippen molar-refractivity contribution in [1.29, 1.82) is 0 Å². The fraction of sp³-hybridized carbons (Fsp3) is 0.545. The SMILES string of the molecule is CCNC(=NCc1cccc(Cn2cccn2)c1)NCCN(C(C)C)C(C)C. The Balaban J connectivity index is 1.92. The summed E-state index contributed by atoms with van der Waals surface area (Å²) in [4.78, 5) is 7.24. The molecule has 1 aromatic heterocycles. The molecule has 2 rings (SSSR count). The quantitative estimate of drug-likeness (QED) is 0.488. The average molecular weight is 385 g/mol. The summed E-state index contributed by atoms with van der Waals surface area (Å²) in [6.07, 6.45) is 3.79. The van der Waals surface area contributed by atoms with E-state index in [1.54, 1.807) is 0 Å². The second kappa shape index (κ2) is 11.5. The van der Waals surface area contributed by atoms with Crippen LogP contribution in [0.5, 0.6) is 0 Å². The smallest absolute Gasteiger partial charge is 0.191 e. The molecule has 2 aromatic rings. The Morgan fingerprint density at radius 1 is 1.11 bits per heavy atom. The molecular weight excluding hydrogens is 348 g/mol. The van der Waals surface area contributed by atoms with Crippen LogP contribution in [0.3, 0.4) is 0 Å². The number of nitrogens with one attached hydrogen (secondary N) is 2. The van der Waals surface area contributed by atoms with Crippen LogP contribution < -0.4 is 10.6 Å². The third kappa shape index (κ3) is 7.35. The fourth-order valence-electron chi connectivity index (χ4n) is 3.34. The standard InChI is InChI=1S/C22H36N6/c1-6-23-22(24-12-14-28(18(2)3)19(4)5)25-16-20-9-7-10-21(15-20)17-27-13-8-11-26-27/h7-11,13,15,18-19H,6,12,14,16-17H2,1-5H3,(H2,23,24,25). The number of hydrogen-bond acceptors (Lipinski definition) is 3. The monoisotopic (exact) mass is 384 g/mol. The second-order valence-corrected chi connectivity index (χ2v) is 7.57. The summed E-state index contributed by atoms with van der Waals surface area (Å²) < 4.78 is 1.93. The summed E-state index contributed by atoms with van der Waals surface area (Å²) >= 11 is 0. The highest BCUT2D eigenvalue weighted by molar-refractivity contribution is 5.79. The molecule has 0 aliphatic carbocycles. The normalized spacial score (nSPS) is 12.2. The van der Waals surface area contributed by atoms with Crippen molar-refractivity contribution in [2.45, 2.75) is 59.8 Å². The van der Waals surface area contributed by atoms with E-state index < -0.39 is 0 Å². The molecule has 0 aliphatic rings. The van der Waals surface area contributed by atoms with Crippen LogP contribution in [0.1, 0.15) is 45.7 Å². The van der Waals surface area contributed by atoms with E-state index in [1.807, 2.05) is 23.1 Å². The van der Waals surface area contributed by atoms with Gasteiger partial charge in [-0.15, -0.1) is 0 Å². The topological polar surface area (TPSA) is 57.5 Å². The van der Waals surface area contributed by atoms with E-state index in [0.717, 1.165) is 32.1 Å². The van der Waals surface area contributed by atoms with E-state index >= 15 is 0 Å². The molecule has 0 amide bonds. The summed E-state index contributed by atoms with van der Waals surface area (Å²) in [6.45, 7) is 15.2. The van der Waals surface area contributed by atoms with Crippen molar-refractivity contribution in [3.05, 3.63) is 53.9 Å². The second-order valence-electron chi connectivity index (χ2n) is 7.57. The largest absolute Gasteiger partial charge is 0.357 e. The van der Waals surface area contributed by atoms with E-state index in [1.165, 1.54) is 11.1 Å². The molecule has 0 fully saturated rings.